The lowest BCUT2D eigenvalue weighted by Gasteiger charge is -2.59. The number of ether oxygens (including phenoxy) is 3. The number of ketones is 1. The molecule has 5 N–H and O–H groups in total. The van der Waals surface area contributed by atoms with Gasteiger partial charge in [-0.15, -0.1) is 0 Å². The number of Topliss-reactive ketones (excluding diaryl/α,β-unsaturated/α-hetero) is 1. The number of aliphatic hydroxyl groups is 5. The van der Waals surface area contributed by atoms with Crippen molar-refractivity contribution in [2.45, 2.75) is 94.3 Å². The van der Waals surface area contributed by atoms with Gasteiger partial charge in [0.15, 0.2) is 17.0 Å². The van der Waals surface area contributed by atoms with Gasteiger partial charge in [0.1, 0.15) is 30.0 Å². The van der Waals surface area contributed by atoms with Gasteiger partial charge in [0.05, 0.1) is 18.1 Å². The minimum absolute atomic E-state index is 0.0277. The van der Waals surface area contributed by atoms with Crippen molar-refractivity contribution in [3.8, 4) is 0 Å². The summed E-state index contributed by atoms with van der Waals surface area (Å²) in [6, 6.07) is 0. The number of fused-ring (bicyclic) bond motifs is 5. The van der Waals surface area contributed by atoms with Gasteiger partial charge < -0.3 is 39.7 Å². The maximum atomic E-state index is 13.4. The van der Waals surface area contributed by atoms with Crippen LogP contribution >= 0.6 is 0 Å². The summed E-state index contributed by atoms with van der Waals surface area (Å²) < 4.78 is 17.2. The van der Waals surface area contributed by atoms with Gasteiger partial charge in [0.25, 0.3) is 0 Å². The number of epoxide rings is 1. The highest BCUT2D eigenvalue weighted by atomic mass is 16.6. The topological polar surface area (TPSA) is 183 Å². The first-order valence-electron chi connectivity index (χ1n) is 14.5. The van der Waals surface area contributed by atoms with Crippen molar-refractivity contribution >= 4 is 17.7 Å². The smallest absolute Gasteiger partial charge is 0.331 e. The predicted molar refractivity (Wildman–Crippen MR) is 153 cm³/mol. The lowest BCUT2D eigenvalue weighted by atomic mass is 9.53. The summed E-state index contributed by atoms with van der Waals surface area (Å²) in [6.45, 7) is 10.5. The van der Waals surface area contributed by atoms with Crippen molar-refractivity contribution in [3.05, 3.63) is 60.3 Å². The molecular weight excluding hydrogens is 560 g/mol. The van der Waals surface area contributed by atoms with E-state index in [9.17, 15) is 39.9 Å². The third-order valence-corrected chi connectivity index (χ3v) is 9.62. The fraction of sp³-hybridized carbons (Fsp3) is 0.594. The Kier molecular flexibility index (Phi) is 8.84. The largest absolute Gasteiger partial charge is 0.459 e. The van der Waals surface area contributed by atoms with Crippen molar-refractivity contribution in [1.29, 1.82) is 0 Å². The van der Waals surface area contributed by atoms with Crippen LogP contribution in [0.5, 0.6) is 0 Å². The van der Waals surface area contributed by atoms with E-state index in [1.807, 2.05) is 19.1 Å². The standard InChI is InChI=1S/C32H42O11/c1-7-8-9-10-11-12-13-14-22(35)42-27-23-26-29(16-33,43-26)28(37)32(40)21(15-18(4)24(32)36)31(23,39)19(5)25(41-20(6)34)30(27,38)17(2)3/h9-15,19,21,23,25-28,33,37-40H,2,7-8,16H2,1,3-6H3/b10-9+,12-11+,14-13+/t19-,21+,23+,25-,26+,27-,28-,29+,30+,31+,32-/m1/s1. The number of rotatable bonds is 9. The maximum absolute atomic E-state index is 13.4. The molecule has 0 aromatic rings. The monoisotopic (exact) mass is 602 g/mol. The number of carbonyl (C=O) groups excluding carboxylic acids is 3. The molecule has 0 radical (unpaired) electrons. The summed E-state index contributed by atoms with van der Waals surface area (Å²) in [7, 11) is 0. The SMILES string of the molecule is C=C(C)[C@@]1(O)[C@H](OC(=O)/C=C/C=C/C=C/CCC)[C@@H]2[C@@H]3O[C@]3(CO)[C@@H](O)[C@]3(O)C(=O)C(C)=C[C@H]3[C@@]2(O)[C@H](C)[C@H]1OC(C)=O. The summed E-state index contributed by atoms with van der Waals surface area (Å²) in [6.07, 6.45) is 6.19. The Hall–Kier alpha value is -2.93. The molecule has 0 bridgehead atoms. The molecule has 4 rings (SSSR count). The van der Waals surface area contributed by atoms with Gasteiger partial charge in [0.2, 0.25) is 0 Å². The zero-order chi connectivity index (χ0) is 32.1. The van der Waals surface area contributed by atoms with Crippen LogP contribution in [-0.2, 0) is 28.6 Å². The molecule has 0 unspecified atom stereocenters. The first-order valence-corrected chi connectivity index (χ1v) is 14.5. The number of unbranched alkanes of at least 4 members (excludes halogenated alkanes) is 1. The molecule has 11 atom stereocenters. The van der Waals surface area contributed by atoms with Gasteiger partial charge in [-0.3, -0.25) is 9.59 Å². The summed E-state index contributed by atoms with van der Waals surface area (Å²) in [5.41, 5.74) is -9.11. The fourth-order valence-electron chi connectivity index (χ4n) is 7.36. The van der Waals surface area contributed by atoms with Crippen LogP contribution < -0.4 is 0 Å². The third kappa shape index (κ3) is 4.77. The van der Waals surface area contributed by atoms with Crippen LogP contribution in [0.15, 0.2) is 60.3 Å². The number of esters is 2. The highest BCUT2D eigenvalue weighted by Gasteiger charge is 2.85. The number of allylic oxidation sites excluding steroid dienone is 5. The summed E-state index contributed by atoms with van der Waals surface area (Å²) >= 11 is 0. The normalized spacial score (nSPS) is 43.6. The Morgan fingerprint density at radius 2 is 1.74 bits per heavy atom. The quantitative estimate of drug-likeness (QED) is 0.0834. The Morgan fingerprint density at radius 3 is 2.33 bits per heavy atom. The molecule has 4 aliphatic rings. The van der Waals surface area contributed by atoms with E-state index >= 15 is 0 Å². The average Bonchev–Trinajstić information content (AvgIpc) is 3.64. The van der Waals surface area contributed by atoms with E-state index in [0.29, 0.717) is 0 Å². The van der Waals surface area contributed by atoms with Crippen LogP contribution in [0.3, 0.4) is 0 Å². The van der Waals surface area contributed by atoms with Crippen molar-refractivity contribution in [3.63, 3.8) is 0 Å². The van der Waals surface area contributed by atoms with E-state index in [2.05, 4.69) is 6.58 Å². The van der Waals surface area contributed by atoms with Crippen LogP contribution in [-0.4, -0.2) is 96.7 Å². The Morgan fingerprint density at radius 1 is 1.09 bits per heavy atom. The van der Waals surface area contributed by atoms with Crippen LogP contribution in [0.2, 0.25) is 0 Å². The molecule has 1 aliphatic heterocycles. The minimum Gasteiger partial charge on any atom is -0.459 e. The van der Waals surface area contributed by atoms with E-state index in [1.54, 1.807) is 12.2 Å². The van der Waals surface area contributed by atoms with E-state index in [0.717, 1.165) is 25.8 Å². The molecule has 3 aliphatic carbocycles. The van der Waals surface area contributed by atoms with E-state index in [1.165, 1.54) is 32.9 Å². The minimum atomic E-state index is -2.65. The molecule has 1 heterocycles. The lowest BCUT2D eigenvalue weighted by Crippen LogP contribution is -2.76. The zero-order valence-electron chi connectivity index (χ0n) is 25.1. The number of aliphatic hydroxyl groups excluding tert-OH is 2. The van der Waals surface area contributed by atoms with Gasteiger partial charge >= 0.3 is 11.9 Å². The number of carbonyl (C=O) groups is 3. The Bertz CT molecular complexity index is 1300. The van der Waals surface area contributed by atoms with Crippen LogP contribution in [0.1, 0.15) is 47.5 Å². The summed E-state index contributed by atoms with van der Waals surface area (Å²) in [5, 5.41) is 58.8. The average molecular weight is 603 g/mol. The second kappa shape index (κ2) is 11.5. The number of hydrogen-bond donors (Lipinski definition) is 5. The number of hydrogen-bond acceptors (Lipinski definition) is 11. The van der Waals surface area contributed by atoms with Gasteiger partial charge in [-0.2, -0.15) is 0 Å². The van der Waals surface area contributed by atoms with Crippen LogP contribution in [0.25, 0.3) is 0 Å². The summed E-state index contributed by atoms with van der Waals surface area (Å²) in [5.74, 6) is -6.86. The fourth-order valence-corrected chi connectivity index (χ4v) is 7.36. The highest BCUT2D eigenvalue weighted by Crippen LogP contribution is 2.66. The van der Waals surface area contributed by atoms with E-state index < -0.39 is 88.9 Å². The molecule has 11 nitrogen and oxygen atoms in total. The molecule has 0 spiro atoms. The molecule has 11 heteroatoms. The van der Waals surface area contributed by atoms with E-state index in [-0.39, 0.29) is 11.1 Å². The first kappa shape index (κ1) is 33.0. The Labute approximate surface area is 250 Å². The maximum Gasteiger partial charge on any atom is 0.331 e. The van der Waals surface area contributed by atoms with E-state index in [4.69, 9.17) is 14.2 Å². The van der Waals surface area contributed by atoms with Crippen molar-refractivity contribution < 1.29 is 54.1 Å². The van der Waals surface area contributed by atoms with Crippen molar-refractivity contribution in [2.24, 2.45) is 17.8 Å². The van der Waals surface area contributed by atoms with Crippen LogP contribution in [0.4, 0.5) is 0 Å². The molecule has 0 amide bonds. The molecular formula is C32H42O11. The molecule has 2 saturated carbocycles. The van der Waals surface area contributed by atoms with Gasteiger partial charge in [0, 0.05) is 24.8 Å². The van der Waals surface area contributed by atoms with Gasteiger partial charge in [-0.05, 0) is 31.4 Å². The zero-order valence-corrected chi connectivity index (χ0v) is 25.1. The van der Waals surface area contributed by atoms with Gasteiger partial charge in [-0.1, -0.05) is 63.3 Å². The second-order valence-corrected chi connectivity index (χ2v) is 12.2. The first-order chi connectivity index (χ1) is 20.1. The predicted octanol–water partition coefficient (Wildman–Crippen LogP) is 0.983. The van der Waals surface area contributed by atoms with Crippen molar-refractivity contribution in [1.82, 2.24) is 0 Å². The van der Waals surface area contributed by atoms with Crippen molar-refractivity contribution in [2.75, 3.05) is 6.61 Å². The molecule has 236 valence electrons. The molecule has 1 saturated heterocycles. The molecule has 0 aromatic carbocycles. The molecule has 3 fully saturated rings. The third-order valence-electron chi connectivity index (χ3n) is 9.62. The van der Waals surface area contributed by atoms with Gasteiger partial charge in [-0.25, -0.2) is 4.79 Å². The summed E-state index contributed by atoms with van der Waals surface area (Å²) in [4.78, 5) is 38.9. The molecule has 0 aromatic heterocycles. The lowest BCUT2D eigenvalue weighted by molar-refractivity contribution is -0.287. The highest BCUT2D eigenvalue weighted by molar-refractivity contribution is 6.05. The van der Waals surface area contributed by atoms with Crippen LogP contribution in [0, 0.1) is 17.8 Å². The molecule has 43 heavy (non-hydrogen) atoms. The second-order valence-electron chi connectivity index (χ2n) is 12.2. The Balaban J connectivity index is 1.89.